The lowest BCUT2D eigenvalue weighted by molar-refractivity contribution is -0.179. The smallest absolute Gasteiger partial charge is 0.112 e. The van der Waals surface area contributed by atoms with Gasteiger partial charge < -0.3 is 25.2 Å². The van der Waals surface area contributed by atoms with Crippen LogP contribution in [0.4, 0.5) is 0 Å². The number of benzene rings is 2. The van der Waals surface area contributed by atoms with Gasteiger partial charge in [-0.05, 0) is 47.6 Å². The molecule has 148 valence electrons. The van der Waals surface area contributed by atoms with Gasteiger partial charge in [-0.25, -0.2) is 0 Å². The molecule has 0 saturated carbocycles. The Morgan fingerprint density at radius 3 is 2.48 bits per heavy atom. The van der Waals surface area contributed by atoms with E-state index in [9.17, 15) is 15.3 Å². The molecule has 6 heteroatoms. The van der Waals surface area contributed by atoms with Crippen molar-refractivity contribution in [2.75, 3.05) is 20.0 Å². The summed E-state index contributed by atoms with van der Waals surface area (Å²) >= 11 is 1.69. The van der Waals surface area contributed by atoms with Gasteiger partial charge in [-0.3, -0.25) is 0 Å². The SMILES string of the molecule is CO.CSc1cccc(-c2cccc([C@H]3OC(CO)CC(O)C3O)c2C)c1. The molecule has 2 aromatic carbocycles. The molecule has 1 heterocycles. The van der Waals surface area contributed by atoms with Crippen LogP contribution in [0.15, 0.2) is 47.4 Å². The average Bonchev–Trinajstić information content (AvgIpc) is 2.72. The van der Waals surface area contributed by atoms with Crippen molar-refractivity contribution in [2.45, 2.75) is 42.7 Å². The highest BCUT2D eigenvalue weighted by Gasteiger charge is 2.38. The second kappa shape index (κ2) is 10.2. The predicted octanol–water partition coefficient (Wildman–Crippen LogP) is 2.54. The Labute approximate surface area is 164 Å². The van der Waals surface area contributed by atoms with Crippen molar-refractivity contribution in [3.05, 3.63) is 53.6 Å². The second-order valence-electron chi connectivity index (χ2n) is 6.41. The predicted molar refractivity (Wildman–Crippen MR) is 108 cm³/mol. The molecule has 4 atom stereocenters. The highest BCUT2D eigenvalue weighted by molar-refractivity contribution is 7.98. The Hall–Kier alpha value is -1.41. The van der Waals surface area contributed by atoms with Crippen LogP contribution in [-0.2, 0) is 4.74 Å². The maximum absolute atomic E-state index is 10.4. The van der Waals surface area contributed by atoms with Crippen molar-refractivity contribution in [1.29, 1.82) is 0 Å². The van der Waals surface area contributed by atoms with Crippen LogP contribution in [0.25, 0.3) is 11.1 Å². The molecule has 2 aromatic rings. The molecule has 5 nitrogen and oxygen atoms in total. The molecular weight excluding hydrogens is 364 g/mol. The number of aliphatic hydroxyl groups is 4. The zero-order valence-corrected chi connectivity index (χ0v) is 16.7. The Morgan fingerprint density at radius 2 is 1.81 bits per heavy atom. The molecule has 3 unspecified atom stereocenters. The van der Waals surface area contributed by atoms with Crippen molar-refractivity contribution in [3.63, 3.8) is 0 Å². The summed E-state index contributed by atoms with van der Waals surface area (Å²) in [5.41, 5.74) is 4.04. The van der Waals surface area contributed by atoms with E-state index in [1.165, 1.54) is 4.90 Å². The fourth-order valence-corrected chi connectivity index (χ4v) is 3.85. The van der Waals surface area contributed by atoms with E-state index in [1.54, 1.807) is 11.8 Å². The minimum absolute atomic E-state index is 0.172. The summed E-state index contributed by atoms with van der Waals surface area (Å²) in [6.45, 7) is 1.83. The fraction of sp³-hybridized carbons (Fsp3) is 0.429. The van der Waals surface area contributed by atoms with Crippen LogP contribution in [0, 0.1) is 6.92 Å². The second-order valence-corrected chi connectivity index (χ2v) is 7.29. The van der Waals surface area contributed by atoms with Crippen LogP contribution in [0.2, 0.25) is 0 Å². The summed E-state index contributed by atoms with van der Waals surface area (Å²) in [6.07, 6.45) is -0.739. The van der Waals surface area contributed by atoms with Gasteiger partial charge in [-0.1, -0.05) is 30.3 Å². The first-order chi connectivity index (χ1) is 13.0. The maximum Gasteiger partial charge on any atom is 0.112 e. The van der Waals surface area contributed by atoms with Gasteiger partial charge >= 0.3 is 0 Å². The van der Waals surface area contributed by atoms with Crippen LogP contribution in [-0.4, -0.2) is 58.7 Å². The molecule has 0 radical (unpaired) electrons. The van der Waals surface area contributed by atoms with E-state index >= 15 is 0 Å². The van der Waals surface area contributed by atoms with Crippen molar-refractivity contribution in [3.8, 4) is 11.1 Å². The average molecular weight is 393 g/mol. The molecule has 0 spiro atoms. The number of ether oxygens (including phenoxy) is 1. The summed E-state index contributed by atoms with van der Waals surface area (Å²) in [7, 11) is 1.00. The molecule has 4 N–H and O–H groups in total. The standard InChI is InChI=1S/C20H24O4S.CH4O/c1-12-16(13-5-3-6-15(9-13)25-2)7-4-8-17(12)20-19(23)18(22)10-14(11-21)24-20;1-2/h3-9,14,18-23H,10-11H2,1-2H3;2H,1H3/t14?,18?,19?,20-;/m1./s1. The highest BCUT2D eigenvalue weighted by Crippen LogP contribution is 2.37. The minimum Gasteiger partial charge on any atom is -0.400 e. The lowest BCUT2D eigenvalue weighted by Gasteiger charge is -2.37. The molecule has 1 aliphatic rings. The fourth-order valence-electron chi connectivity index (χ4n) is 3.39. The number of rotatable bonds is 4. The van der Waals surface area contributed by atoms with Crippen LogP contribution >= 0.6 is 11.8 Å². The summed E-state index contributed by atoms with van der Waals surface area (Å²) in [5.74, 6) is 0. The van der Waals surface area contributed by atoms with Crippen molar-refractivity contribution in [2.24, 2.45) is 0 Å². The van der Waals surface area contributed by atoms with Crippen molar-refractivity contribution < 1.29 is 25.2 Å². The Bertz CT molecular complexity index is 736. The topological polar surface area (TPSA) is 90.2 Å². The van der Waals surface area contributed by atoms with Gasteiger partial charge in [0, 0.05) is 18.4 Å². The van der Waals surface area contributed by atoms with E-state index in [0.717, 1.165) is 29.4 Å². The highest BCUT2D eigenvalue weighted by atomic mass is 32.2. The molecule has 0 amide bonds. The monoisotopic (exact) mass is 392 g/mol. The third-order valence-electron chi connectivity index (χ3n) is 4.81. The molecular formula is C21H28O5S. The minimum atomic E-state index is -1.01. The maximum atomic E-state index is 10.4. The summed E-state index contributed by atoms with van der Waals surface area (Å²) in [4.78, 5) is 1.19. The van der Waals surface area contributed by atoms with Crippen LogP contribution < -0.4 is 0 Å². The summed E-state index contributed by atoms with van der Waals surface area (Å²) < 4.78 is 5.86. The third kappa shape index (κ3) is 4.90. The van der Waals surface area contributed by atoms with Gasteiger partial charge in [0.15, 0.2) is 0 Å². The molecule has 1 saturated heterocycles. The van der Waals surface area contributed by atoms with Crippen LogP contribution in [0.3, 0.4) is 0 Å². The lowest BCUT2D eigenvalue weighted by Crippen LogP contribution is -2.44. The van der Waals surface area contributed by atoms with E-state index < -0.39 is 24.4 Å². The van der Waals surface area contributed by atoms with Crippen molar-refractivity contribution in [1.82, 2.24) is 0 Å². The quantitative estimate of drug-likeness (QED) is 0.598. The van der Waals surface area contributed by atoms with Gasteiger partial charge in [-0.2, -0.15) is 0 Å². The van der Waals surface area contributed by atoms with E-state index in [4.69, 9.17) is 9.84 Å². The largest absolute Gasteiger partial charge is 0.400 e. The molecule has 0 aliphatic carbocycles. The normalized spacial score (nSPS) is 24.9. The Kier molecular flexibility index (Phi) is 8.28. The number of thioether (sulfide) groups is 1. The van der Waals surface area contributed by atoms with Gasteiger partial charge in [0.25, 0.3) is 0 Å². The Morgan fingerprint density at radius 1 is 1.11 bits per heavy atom. The lowest BCUT2D eigenvalue weighted by atomic mass is 9.88. The zero-order valence-electron chi connectivity index (χ0n) is 15.9. The zero-order chi connectivity index (χ0) is 20.0. The third-order valence-corrected chi connectivity index (χ3v) is 5.54. The van der Waals surface area contributed by atoms with E-state index in [-0.39, 0.29) is 13.0 Å². The first kappa shape index (κ1) is 21.9. The number of aliphatic hydroxyl groups excluding tert-OH is 4. The molecule has 1 fully saturated rings. The Balaban J connectivity index is 0.00000126. The molecule has 1 aliphatic heterocycles. The van der Waals surface area contributed by atoms with E-state index in [2.05, 4.69) is 18.2 Å². The number of hydrogen-bond donors (Lipinski definition) is 4. The molecule has 3 rings (SSSR count). The molecule has 27 heavy (non-hydrogen) atoms. The summed E-state index contributed by atoms with van der Waals surface area (Å²) in [5, 5.41) is 36.9. The van der Waals surface area contributed by atoms with E-state index in [0.29, 0.717) is 0 Å². The summed E-state index contributed by atoms with van der Waals surface area (Å²) in [6, 6.07) is 14.2. The van der Waals surface area contributed by atoms with Crippen LogP contribution in [0.1, 0.15) is 23.7 Å². The first-order valence-electron chi connectivity index (χ1n) is 8.86. The van der Waals surface area contributed by atoms with Gasteiger partial charge in [0.2, 0.25) is 0 Å². The molecule has 0 aromatic heterocycles. The number of hydrogen-bond acceptors (Lipinski definition) is 6. The van der Waals surface area contributed by atoms with Gasteiger partial charge in [0.1, 0.15) is 12.2 Å². The first-order valence-corrected chi connectivity index (χ1v) is 10.1. The molecule has 0 bridgehead atoms. The van der Waals surface area contributed by atoms with Crippen molar-refractivity contribution >= 4 is 11.8 Å². The van der Waals surface area contributed by atoms with Gasteiger partial charge in [0.05, 0.1) is 18.8 Å². The van der Waals surface area contributed by atoms with E-state index in [1.807, 2.05) is 37.4 Å². The van der Waals surface area contributed by atoms with Crippen LogP contribution in [0.5, 0.6) is 0 Å². The van der Waals surface area contributed by atoms with Gasteiger partial charge in [-0.15, -0.1) is 11.8 Å².